The van der Waals surface area contributed by atoms with Crippen LogP contribution in [0.4, 0.5) is 10.5 Å². The molecule has 2 atom stereocenters. The van der Waals surface area contributed by atoms with Gasteiger partial charge in [0.05, 0.1) is 13.7 Å². The fourth-order valence-corrected chi connectivity index (χ4v) is 4.95. The van der Waals surface area contributed by atoms with Crippen LogP contribution in [0.25, 0.3) is 11.1 Å². The fraction of sp³-hybridized carbons (Fsp3) is 0.417. The zero-order valence-electron chi connectivity index (χ0n) is 20.1. The monoisotopic (exact) mass is 520 g/mol. The second-order valence-electron chi connectivity index (χ2n) is 8.17. The van der Waals surface area contributed by atoms with E-state index in [1.807, 2.05) is 24.3 Å². The van der Waals surface area contributed by atoms with E-state index in [1.54, 1.807) is 36.9 Å². The van der Waals surface area contributed by atoms with Crippen LogP contribution in [0, 0.1) is 5.92 Å². The molecular formula is C24H30N3O8S-. The third kappa shape index (κ3) is 6.72. The van der Waals surface area contributed by atoms with Crippen molar-refractivity contribution in [1.82, 2.24) is 10.4 Å². The normalized spacial score (nSPS) is 15.6. The standard InChI is InChI=1S/C24H31N3O8S/c1-33-15-16-35-24(29)26-13-11-19(12-14-26)22(23(28)25-30)27(36(31)32)20-7-3-17(4-8-20)18-5-9-21(34-2)10-6-18/h3-10,19,22,30H,11-16H2,1-2H3,(H,25,28)(H,31,32)/p-1. The van der Waals surface area contributed by atoms with Crippen molar-refractivity contribution in [3.05, 3.63) is 48.5 Å². The molecule has 1 aliphatic heterocycles. The summed E-state index contributed by atoms with van der Waals surface area (Å²) in [4.78, 5) is 26.4. The lowest BCUT2D eigenvalue weighted by Crippen LogP contribution is -2.54. The average molecular weight is 521 g/mol. The van der Waals surface area contributed by atoms with Crippen LogP contribution in [-0.4, -0.2) is 77.4 Å². The Labute approximate surface area is 212 Å². The molecule has 0 aliphatic carbocycles. The molecule has 0 radical (unpaired) electrons. The largest absolute Gasteiger partial charge is 0.755 e. The summed E-state index contributed by atoms with van der Waals surface area (Å²) in [5.74, 6) is -0.575. The number of hydrogen-bond donors (Lipinski definition) is 2. The van der Waals surface area contributed by atoms with E-state index in [-0.39, 0.29) is 32.0 Å². The maximum absolute atomic E-state index is 12.7. The molecule has 36 heavy (non-hydrogen) atoms. The van der Waals surface area contributed by atoms with Gasteiger partial charge >= 0.3 is 6.09 Å². The van der Waals surface area contributed by atoms with Gasteiger partial charge in [0.2, 0.25) is 0 Å². The van der Waals surface area contributed by atoms with E-state index in [1.165, 1.54) is 12.0 Å². The Kier molecular flexibility index (Phi) is 10.1. The number of amides is 2. The maximum atomic E-state index is 12.7. The third-order valence-corrected chi connectivity index (χ3v) is 6.85. The molecule has 1 saturated heterocycles. The summed E-state index contributed by atoms with van der Waals surface area (Å²) < 4.78 is 40.7. The van der Waals surface area contributed by atoms with Crippen molar-refractivity contribution >= 4 is 29.0 Å². The Balaban J connectivity index is 1.77. The van der Waals surface area contributed by atoms with Crippen molar-refractivity contribution in [3.8, 4) is 16.9 Å². The van der Waals surface area contributed by atoms with Crippen LogP contribution in [0.2, 0.25) is 0 Å². The molecule has 0 bridgehead atoms. The number of nitrogens with zero attached hydrogens (tertiary/aromatic N) is 2. The van der Waals surface area contributed by atoms with Gasteiger partial charge in [-0.3, -0.25) is 18.5 Å². The number of benzene rings is 2. The highest BCUT2D eigenvalue weighted by Crippen LogP contribution is 2.31. The summed E-state index contributed by atoms with van der Waals surface area (Å²) in [6, 6.07) is 12.9. The number of hydrogen-bond acceptors (Lipinski definition) is 8. The molecule has 1 heterocycles. The first-order chi connectivity index (χ1) is 17.4. The van der Waals surface area contributed by atoms with Gasteiger partial charge < -0.3 is 23.7 Å². The lowest BCUT2D eigenvalue weighted by molar-refractivity contribution is -0.131. The lowest BCUT2D eigenvalue weighted by Gasteiger charge is -2.41. The second kappa shape index (κ2) is 13.2. The molecule has 0 aromatic heterocycles. The lowest BCUT2D eigenvalue weighted by atomic mass is 9.88. The van der Waals surface area contributed by atoms with Gasteiger partial charge in [-0.05, 0) is 54.2 Å². The maximum Gasteiger partial charge on any atom is 0.409 e. The Hall–Kier alpha value is -3.19. The first-order valence-corrected chi connectivity index (χ1v) is 12.4. The Morgan fingerprint density at radius 1 is 1.08 bits per heavy atom. The second-order valence-corrected chi connectivity index (χ2v) is 9.00. The molecule has 0 saturated carbocycles. The quantitative estimate of drug-likeness (QED) is 0.211. The molecule has 2 amide bonds. The number of rotatable bonds is 10. The highest BCUT2D eigenvalue weighted by Gasteiger charge is 2.38. The molecule has 11 nitrogen and oxygen atoms in total. The van der Waals surface area contributed by atoms with E-state index in [9.17, 15) is 23.6 Å². The van der Waals surface area contributed by atoms with Crippen molar-refractivity contribution in [2.75, 3.05) is 44.8 Å². The molecule has 2 N–H and O–H groups in total. The fourth-order valence-electron chi connectivity index (χ4n) is 4.20. The van der Waals surface area contributed by atoms with Crippen molar-refractivity contribution in [2.24, 2.45) is 5.92 Å². The predicted octanol–water partition coefficient (Wildman–Crippen LogP) is 2.33. The SMILES string of the molecule is COCCOC(=O)N1CCC(C(C(=O)NO)N(c2ccc(-c3ccc(OC)cc3)cc2)S(=O)[O-])CC1. The summed E-state index contributed by atoms with van der Waals surface area (Å²) >= 11 is -2.81. The number of likely N-dealkylation sites (tertiary alicyclic amines) is 1. The summed E-state index contributed by atoms with van der Waals surface area (Å²) in [6.45, 7) is 0.964. The minimum absolute atomic E-state index is 0.125. The number of piperidine rings is 1. The molecule has 3 rings (SSSR count). The average Bonchev–Trinajstić information content (AvgIpc) is 2.91. The number of carbonyl (C=O) groups excluding carboxylic acids is 2. The van der Waals surface area contributed by atoms with Gasteiger partial charge in [0, 0.05) is 37.2 Å². The molecule has 2 aromatic rings. The van der Waals surface area contributed by atoms with Crippen molar-refractivity contribution in [3.63, 3.8) is 0 Å². The molecule has 12 heteroatoms. The van der Waals surface area contributed by atoms with E-state index in [4.69, 9.17) is 14.2 Å². The molecule has 1 aliphatic rings. The van der Waals surface area contributed by atoms with Gasteiger partial charge in [-0.25, -0.2) is 10.3 Å². The van der Waals surface area contributed by atoms with Gasteiger partial charge in [0.25, 0.3) is 5.91 Å². The Bertz CT molecular complexity index is 1030. The Morgan fingerprint density at radius 3 is 2.17 bits per heavy atom. The number of methoxy groups -OCH3 is 2. The van der Waals surface area contributed by atoms with Crippen LogP contribution in [0.15, 0.2) is 48.5 Å². The van der Waals surface area contributed by atoms with E-state index < -0.39 is 35.2 Å². The molecule has 2 unspecified atom stereocenters. The summed E-state index contributed by atoms with van der Waals surface area (Å²) in [5.41, 5.74) is 3.63. The summed E-state index contributed by atoms with van der Waals surface area (Å²) in [5, 5.41) is 9.38. The Morgan fingerprint density at radius 2 is 1.67 bits per heavy atom. The molecule has 1 fully saturated rings. The summed E-state index contributed by atoms with van der Waals surface area (Å²) in [6.07, 6.45) is 0.191. The van der Waals surface area contributed by atoms with Gasteiger partial charge in [-0.2, -0.15) is 0 Å². The first kappa shape index (κ1) is 27.4. The van der Waals surface area contributed by atoms with E-state index in [0.717, 1.165) is 21.2 Å². The zero-order valence-corrected chi connectivity index (χ0v) is 20.9. The van der Waals surface area contributed by atoms with Gasteiger partial charge in [0.15, 0.2) is 0 Å². The predicted molar refractivity (Wildman–Crippen MR) is 131 cm³/mol. The van der Waals surface area contributed by atoms with Crippen LogP contribution < -0.4 is 14.5 Å². The van der Waals surface area contributed by atoms with Gasteiger partial charge in [0.1, 0.15) is 18.4 Å². The van der Waals surface area contributed by atoms with E-state index in [2.05, 4.69) is 0 Å². The highest BCUT2D eigenvalue weighted by atomic mass is 32.2. The third-order valence-electron chi connectivity index (χ3n) is 6.09. The number of hydroxylamine groups is 1. The van der Waals surface area contributed by atoms with Crippen LogP contribution in [-0.2, 0) is 25.5 Å². The van der Waals surface area contributed by atoms with Crippen LogP contribution in [0.3, 0.4) is 0 Å². The zero-order chi connectivity index (χ0) is 26.1. The van der Waals surface area contributed by atoms with E-state index in [0.29, 0.717) is 12.8 Å². The number of nitrogens with one attached hydrogen (secondary N) is 1. The van der Waals surface area contributed by atoms with E-state index >= 15 is 0 Å². The number of anilines is 1. The highest BCUT2D eigenvalue weighted by molar-refractivity contribution is 7.80. The molecule has 2 aromatic carbocycles. The van der Waals surface area contributed by atoms with Crippen LogP contribution >= 0.6 is 0 Å². The van der Waals surface area contributed by atoms with Crippen molar-refractivity contribution in [2.45, 2.75) is 18.9 Å². The van der Waals surface area contributed by atoms with Crippen molar-refractivity contribution < 1.29 is 37.8 Å². The number of carbonyl (C=O) groups is 2. The molecule has 0 spiro atoms. The smallest absolute Gasteiger partial charge is 0.409 e. The van der Waals surface area contributed by atoms with Crippen LogP contribution in [0.5, 0.6) is 5.75 Å². The van der Waals surface area contributed by atoms with Crippen LogP contribution in [0.1, 0.15) is 12.8 Å². The minimum Gasteiger partial charge on any atom is -0.755 e. The van der Waals surface area contributed by atoms with Gasteiger partial charge in [-0.15, -0.1) is 0 Å². The first-order valence-electron chi connectivity index (χ1n) is 11.4. The minimum atomic E-state index is -2.81. The molecule has 196 valence electrons. The number of ether oxygens (including phenoxy) is 3. The summed E-state index contributed by atoms with van der Waals surface area (Å²) in [7, 11) is 3.09. The topological polar surface area (TPSA) is 141 Å². The van der Waals surface area contributed by atoms with Crippen molar-refractivity contribution in [1.29, 1.82) is 0 Å². The molecular weight excluding hydrogens is 490 g/mol. The van der Waals surface area contributed by atoms with Gasteiger partial charge in [-0.1, -0.05) is 24.3 Å².